The number of carbonyl (C=O) groups excluding carboxylic acids is 1. The van der Waals surface area contributed by atoms with Gasteiger partial charge in [-0.15, -0.1) is 12.4 Å². The molecule has 1 N–H and O–H groups in total. The molecular formula is C11H22ClNO3. The van der Waals surface area contributed by atoms with E-state index in [1.54, 1.807) is 7.11 Å². The van der Waals surface area contributed by atoms with E-state index in [0.717, 1.165) is 19.4 Å². The Morgan fingerprint density at radius 1 is 1.56 bits per heavy atom. The maximum Gasteiger partial charge on any atom is 0.311 e. The Morgan fingerprint density at radius 2 is 2.25 bits per heavy atom. The summed E-state index contributed by atoms with van der Waals surface area (Å²) in [7, 11) is 1.65. The summed E-state index contributed by atoms with van der Waals surface area (Å²) in [6.45, 7) is 5.13. The molecule has 0 unspecified atom stereocenters. The molecule has 0 aromatic carbocycles. The number of rotatable bonds is 5. The first-order chi connectivity index (χ1) is 7.20. The lowest BCUT2D eigenvalue weighted by Crippen LogP contribution is -2.43. The number of hydrogen-bond acceptors (Lipinski definition) is 4. The molecule has 1 fully saturated rings. The third kappa shape index (κ3) is 3.92. The first kappa shape index (κ1) is 15.7. The van der Waals surface area contributed by atoms with Gasteiger partial charge in [0.05, 0.1) is 18.6 Å². The third-order valence-corrected chi connectivity index (χ3v) is 2.92. The number of methoxy groups -OCH3 is 1. The van der Waals surface area contributed by atoms with Gasteiger partial charge in [0, 0.05) is 13.2 Å². The smallest absolute Gasteiger partial charge is 0.311 e. The van der Waals surface area contributed by atoms with Crippen molar-refractivity contribution in [2.24, 2.45) is 5.92 Å². The van der Waals surface area contributed by atoms with Gasteiger partial charge in [0.2, 0.25) is 0 Å². The molecule has 96 valence electrons. The molecule has 3 atom stereocenters. The summed E-state index contributed by atoms with van der Waals surface area (Å²) in [4.78, 5) is 11.6. The summed E-state index contributed by atoms with van der Waals surface area (Å²) in [6, 6.07) is 0.286. The van der Waals surface area contributed by atoms with E-state index in [1.165, 1.54) is 0 Å². The van der Waals surface area contributed by atoms with Gasteiger partial charge in [0.25, 0.3) is 0 Å². The minimum absolute atomic E-state index is 0. The molecule has 1 aliphatic rings. The largest absolute Gasteiger partial charge is 0.466 e. The van der Waals surface area contributed by atoms with Crippen molar-refractivity contribution in [1.29, 1.82) is 0 Å². The molecule has 16 heavy (non-hydrogen) atoms. The Hall–Kier alpha value is -0.320. The fourth-order valence-electron chi connectivity index (χ4n) is 2.12. The van der Waals surface area contributed by atoms with Gasteiger partial charge >= 0.3 is 5.97 Å². The van der Waals surface area contributed by atoms with Crippen molar-refractivity contribution in [2.75, 3.05) is 20.3 Å². The highest BCUT2D eigenvalue weighted by atomic mass is 35.5. The van der Waals surface area contributed by atoms with Crippen LogP contribution in [0.2, 0.25) is 0 Å². The maximum absolute atomic E-state index is 11.6. The second-order valence-corrected chi connectivity index (χ2v) is 3.94. The van der Waals surface area contributed by atoms with Gasteiger partial charge in [-0.05, 0) is 33.2 Å². The third-order valence-electron chi connectivity index (χ3n) is 2.92. The molecule has 0 aromatic heterocycles. The fraction of sp³-hybridized carbons (Fsp3) is 0.909. The van der Waals surface area contributed by atoms with Crippen molar-refractivity contribution >= 4 is 18.4 Å². The number of hydrogen-bond donors (Lipinski definition) is 1. The van der Waals surface area contributed by atoms with E-state index in [1.807, 2.05) is 13.8 Å². The highest BCUT2D eigenvalue weighted by Crippen LogP contribution is 2.19. The van der Waals surface area contributed by atoms with Crippen molar-refractivity contribution in [3.05, 3.63) is 0 Å². The van der Waals surface area contributed by atoms with Crippen LogP contribution in [0.5, 0.6) is 0 Å². The van der Waals surface area contributed by atoms with Gasteiger partial charge in [0.1, 0.15) is 0 Å². The molecule has 1 rings (SSSR count). The summed E-state index contributed by atoms with van der Waals surface area (Å²) in [5.41, 5.74) is 0. The van der Waals surface area contributed by atoms with Crippen molar-refractivity contribution < 1.29 is 14.3 Å². The summed E-state index contributed by atoms with van der Waals surface area (Å²) in [5, 5.41) is 3.35. The van der Waals surface area contributed by atoms with Crippen LogP contribution in [0.15, 0.2) is 0 Å². The molecule has 0 aliphatic carbocycles. The van der Waals surface area contributed by atoms with E-state index in [9.17, 15) is 4.79 Å². The number of esters is 1. The predicted octanol–water partition coefficient (Wildman–Crippen LogP) is 1.37. The number of ether oxygens (including phenoxy) is 2. The molecule has 1 heterocycles. The van der Waals surface area contributed by atoms with E-state index in [-0.39, 0.29) is 36.4 Å². The SMILES string of the molecule is CCOC(=O)[C@H](C)[C@@H](OC)[C@@H]1CCCN1.Cl. The van der Waals surface area contributed by atoms with Gasteiger partial charge in [-0.25, -0.2) is 0 Å². The molecule has 0 spiro atoms. The van der Waals surface area contributed by atoms with Crippen molar-refractivity contribution in [3.8, 4) is 0 Å². The number of nitrogens with one attached hydrogen (secondary N) is 1. The first-order valence-electron chi connectivity index (χ1n) is 5.63. The van der Waals surface area contributed by atoms with Crippen LogP contribution < -0.4 is 5.32 Å². The molecule has 1 saturated heterocycles. The van der Waals surface area contributed by atoms with Gasteiger partial charge < -0.3 is 14.8 Å². The molecule has 0 aromatic rings. The monoisotopic (exact) mass is 251 g/mol. The summed E-state index contributed by atoms with van der Waals surface area (Å²) in [6.07, 6.45) is 2.15. The topological polar surface area (TPSA) is 47.6 Å². The molecule has 5 heteroatoms. The predicted molar refractivity (Wildman–Crippen MR) is 64.9 cm³/mol. The Balaban J connectivity index is 0.00000225. The Labute approximate surface area is 103 Å². The normalized spacial score (nSPS) is 23.3. The molecule has 1 aliphatic heterocycles. The van der Waals surface area contributed by atoms with Gasteiger partial charge in [-0.2, -0.15) is 0 Å². The first-order valence-corrected chi connectivity index (χ1v) is 5.63. The number of carbonyl (C=O) groups is 1. The van der Waals surface area contributed by atoms with Crippen molar-refractivity contribution in [2.45, 2.75) is 38.8 Å². The molecule has 0 amide bonds. The van der Waals surface area contributed by atoms with E-state index >= 15 is 0 Å². The average Bonchev–Trinajstić information content (AvgIpc) is 2.72. The standard InChI is InChI=1S/C11H21NO3.ClH/c1-4-15-11(13)8(2)10(14-3)9-6-5-7-12-9;/h8-10,12H,4-7H2,1-3H3;1H/t8-,9+,10-;/m1./s1. The second-order valence-electron chi connectivity index (χ2n) is 3.94. The summed E-state index contributed by atoms with van der Waals surface area (Å²) in [5.74, 6) is -0.372. The highest BCUT2D eigenvalue weighted by molar-refractivity contribution is 5.85. The van der Waals surface area contributed by atoms with E-state index in [4.69, 9.17) is 9.47 Å². The molecular weight excluding hydrogens is 230 g/mol. The van der Waals surface area contributed by atoms with Crippen LogP contribution >= 0.6 is 12.4 Å². The zero-order chi connectivity index (χ0) is 11.3. The minimum atomic E-state index is -0.203. The van der Waals surface area contributed by atoms with Gasteiger partial charge in [0.15, 0.2) is 0 Å². The van der Waals surface area contributed by atoms with Crippen LogP contribution in [0.3, 0.4) is 0 Å². The van der Waals surface area contributed by atoms with Crippen LogP contribution in [0.25, 0.3) is 0 Å². The minimum Gasteiger partial charge on any atom is -0.466 e. The Bertz CT molecular complexity index is 207. The quantitative estimate of drug-likeness (QED) is 0.750. The van der Waals surface area contributed by atoms with Crippen LogP contribution in [0, 0.1) is 5.92 Å². The van der Waals surface area contributed by atoms with Crippen LogP contribution in [-0.4, -0.2) is 38.4 Å². The average molecular weight is 252 g/mol. The van der Waals surface area contributed by atoms with Crippen LogP contribution in [0.1, 0.15) is 26.7 Å². The molecule has 0 radical (unpaired) electrons. The maximum atomic E-state index is 11.6. The van der Waals surface area contributed by atoms with Crippen LogP contribution in [0.4, 0.5) is 0 Å². The van der Waals surface area contributed by atoms with E-state index in [2.05, 4.69) is 5.32 Å². The Morgan fingerprint density at radius 3 is 2.69 bits per heavy atom. The fourth-order valence-corrected chi connectivity index (χ4v) is 2.12. The Kier molecular flexibility index (Phi) is 7.72. The van der Waals surface area contributed by atoms with E-state index < -0.39 is 0 Å². The van der Waals surface area contributed by atoms with Gasteiger partial charge in [-0.3, -0.25) is 4.79 Å². The number of halogens is 1. The van der Waals surface area contributed by atoms with Gasteiger partial charge in [-0.1, -0.05) is 0 Å². The summed E-state index contributed by atoms with van der Waals surface area (Å²) < 4.78 is 10.4. The molecule has 0 bridgehead atoms. The molecule has 4 nitrogen and oxygen atoms in total. The van der Waals surface area contributed by atoms with Crippen molar-refractivity contribution in [3.63, 3.8) is 0 Å². The lowest BCUT2D eigenvalue weighted by atomic mass is 9.96. The molecule has 0 saturated carbocycles. The lowest BCUT2D eigenvalue weighted by Gasteiger charge is -2.26. The van der Waals surface area contributed by atoms with Crippen LogP contribution in [-0.2, 0) is 14.3 Å². The summed E-state index contributed by atoms with van der Waals surface area (Å²) >= 11 is 0. The van der Waals surface area contributed by atoms with E-state index in [0.29, 0.717) is 6.61 Å². The lowest BCUT2D eigenvalue weighted by molar-refractivity contribution is -0.152. The zero-order valence-corrected chi connectivity index (χ0v) is 11.0. The van der Waals surface area contributed by atoms with Crippen molar-refractivity contribution in [1.82, 2.24) is 5.32 Å². The second kappa shape index (κ2) is 7.87. The highest BCUT2D eigenvalue weighted by Gasteiger charge is 2.33. The zero-order valence-electron chi connectivity index (χ0n) is 10.2.